The molecule has 0 radical (unpaired) electrons. The van der Waals surface area contributed by atoms with E-state index < -0.39 is 0 Å². The van der Waals surface area contributed by atoms with E-state index >= 15 is 0 Å². The van der Waals surface area contributed by atoms with E-state index in [0.717, 1.165) is 30.6 Å². The van der Waals surface area contributed by atoms with Gasteiger partial charge in [0, 0.05) is 20.3 Å². The van der Waals surface area contributed by atoms with Gasteiger partial charge in [0.05, 0.1) is 11.0 Å². The van der Waals surface area contributed by atoms with Crippen LogP contribution in [0.2, 0.25) is 0 Å². The first kappa shape index (κ1) is 12.5. The smallest absolute Gasteiger partial charge is 0.201 e. The van der Waals surface area contributed by atoms with E-state index in [1.165, 1.54) is 18.4 Å². The zero-order valence-corrected chi connectivity index (χ0v) is 11.6. The molecule has 102 valence electrons. The van der Waals surface area contributed by atoms with Crippen LogP contribution in [0.15, 0.2) is 18.2 Å². The highest BCUT2D eigenvalue weighted by molar-refractivity contribution is 5.79. The van der Waals surface area contributed by atoms with Crippen molar-refractivity contribution in [2.45, 2.75) is 32.7 Å². The van der Waals surface area contributed by atoms with Gasteiger partial charge in [0.2, 0.25) is 5.95 Å². The lowest BCUT2D eigenvalue weighted by molar-refractivity contribution is 0.167. The van der Waals surface area contributed by atoms with Crippen molar-refractivity contribution in [1.29, 1.82) is 0 Å². The van der Waals surface area contributed by atoms with E-state index in [9.17, 15) is 0 Å². The number of hydrogen-bond acceptors (Lipinski definition) is 3. The number of fused-ring (bicyclic) bond motifs is 1. The van der Waals surface area contributed by atoms with Crippen molar-refractivity contribution in [3.8, 4) is 0 Å². The van der Waals surface area contributed by atoms with Crippen LogP contribution in [0.5, 0.6) is 0 Å². The highest BCUT2D eigenvalue weighted by atomic mass is 16.5. The monoisotopic (exact) mass is 259 g/mol. The highest BCUT2D eigenvalue weighted by Crippen LogP contribution is 2.50. The summed E-state index contributed by atoms with van der Waals surface area (Å²) in [5.74, 6) is 0.629. The third-order valence-electron chi connectivity index (χ3n) is 4.22. The molecule has 0 spiro atoms. The lowest BCUT2D eigenvalue weighted by Crippen LogP contribution is -2.15. The molecule has 0 unspecified atom stereocenters. The summed E-state index contributed by atoms with van der Waals surface area (Å²) in [5.41, 5.74) is 9.83. The molecule has 1 aromatic carbocycles. The quantitative estimate of drug-likeness (QED) is 0.898. The first-order chi connectivity index (χ1) is 9.13. The maximum Gasteiger partial charge on any atom is 0.201 e. The number of hydrogen-bond donors (Lipinski definition) is 1. The predicted octanol–water partition coefficient (Wildman–Crippen LogP) is 2.74. The summed E-state index contributed by atoms with van der Waals surface area (Å²) in [6, 6.07) is 6.34. The van der Waals surface area contributed by atoms with Gasteiger partial charge >= 0.3 is 0 Å². The second-order valence-electron chi connectivity index (χ2n) is 5.79. The number of rotatable bonds is 5. The third kappa shape index (κ3) is 2.32. The topological polar surface area (TPSA) is 53.1 Å². The van der Waals surface area contributed by atoms with Crippen LogP contribution < -0.4 is 5.73 Å². The average molecular weight is 259 g/mol. The molecule has 4 heteroatoms. The first-order valence-corrected chi connectivity index (χ1v) is 6.85. The van der Waals surface area contributed by atoms with Crippen molar-refractivity contribution in [3.05, 3.63) is 23.8 Å². The van der Waals surface area contributed by atoms with Crippen molar-refractivity contribution in [3.63, 3.8) is 0 Å². The van der Waals surface area contributed by atoms with Gasteiger partial charge in [-0.05, 0) is 49.3 Å². The van der Waals surface area contributed by atoms with Crippen LogP contribution in [0.25, 0.3) is 11.0 Å². The van der Waals surface area contributed by atoms with E-state index in [1.54, 1.807) is 7.11 Å². The van der Waals surface area contributed by atoms with Crippen LogP contribution in [0.1, 0.15) is 24.8 Å². The third-order valence-corrected chi connectivity index (χ3v) is 4.22. The molecular weight excluding hydrogens is 238 g/mol. The molecule has 1 fully saturated rings. The number of methoxy groups -OCH3 is 1. The van der Waals surface area contributed by atoms with Gasteiger partial charge in [-0.2, -0.15) is 0 Å². The zero-order chi connectivity index (χ0) is 13.5. The molecule has 1 heterocycles. The van der Waals surface area contributed by atoms with Crippen molar-refractivity contribution in [2.24, 2.45) is 5.41 Å². The van der Waals surface area contributed by atoms with Crippen LogP contribution >= 0.6 is 0 Å². The van der Waals surface area contributed by atoms with E-state index in [2.05, 4.69) is 34.7 Å². The van der Waals surface area contributed by atoms with Gasteiger partial charge in [0.1, 0.15) is 0 Å². The van der Waals surface area contributed by atoms with Crippen LogP contribution in [-0.2, 0) is 11.3 Å². The van der Waals surface area contributed by atoms with Crippen molar-refractivity contribution in [1.82, 2.24) is 9.55 Å². The van der Waals surface area contributed by atoms with Gasteiger partial charge in [0.15, 0.2) is 0 Å². The molecule has 1 aliphatic rings. The number of nitrogen functional groups attached to an aromatic ring is 1. The fourth-order valence-corrected chi connectivity index (χ4v) is 2.74. The molecular formula is C15H21N3O. The molecule has 2 N–H and O–H groups in total. The van der Waals surface area contributed by atoms with Gasteiger partial charge < -0.3 is 15.0 Å². The summed E-state index contributed by atoms with van der Waals surface area (Å²) in [4.78, 5) is 4.48. The predicted molar refractivity (Wildman–Crippen MR) is 77.0 cm³/mol. The molecule has 4 nitrogen and oxygen atoms in total. The van der Waals surface area contributed by atoms with Gasteiger partial charge in [-0.3, -0.25) is 0 Å². The molecule has 1 aromatic heterocycles. The van der Waals surface area contributed by atoms with E-state index in [4.69, 9.17) is 10.5 Å². The van der Waals surface area contributed by atoms with Crippen molar-refractivity contribution in [2.75, 3.05) is 19.5 Å². The Kier molecular flexibility index (Phi) is 2.97. The second kappa shape index (κ2) is 4.53. The number of benzene rings is 1. The largest absolute Gasteiger partial charge is 0.385 e. The van der Waals surface area contributed by atoms with Gasteiger partial charge in [0.25, 0.3) is 0 Å². The van der Waals surface area contributed by atoms with Gasteiger partial charge in [-0.1, -0.05) is 6.07 Å². The summed E-state index contributed by atoms with van der Waals surface area (Å²) in [5, 5.41) is 0. The second-order valence-corrected chi connectivity index (χ2v) is 5.79. The number of ether oxygens (including phenoxy) is 1. The number of imidazole rings is 1. The molecule has 0 aliphatic heterocycles. The fourth-order valence-electron chi connectivity index (χ4n) is 2.74. The number of nitrogens with two attached hydrogens (primary N) is 1. The normalized spacial score (nSPS) is 16.9. The Balaban J connectivity index is 1.90. The SMILES string of the molecule is COCCC1(Cn2c(N)nc3cc(C)ccc32)CC1. The van der Waals surface area contributed by atoms with Crippen LogP contribution in [0, 0.1) is 12.3 Å². The molecule has 0 bridgehead atoms. The summed E-state index contributed by atoms with van der Waals surface area (Å²) in [7, 11) is 1.76. The highest BCUT2D eigenvalue weighted by Gasteiger charge is 2.42. The summed E-state index contributed by atoms with van der Waals surface area (Å²) in [6.07, 6.45) is 3.64. The van der Waals surface area contributed by atoms with Crippen molar-refractivity contribution < 1.29 is 4.74 Å². The van der Waals surface area contributed by atoms with Crippen LogP contribution in [0.3, 0.4) is 0 Å². The molecule has 1 aliphatic carbocycles. The fraction of sp³-hybridized carbons (Fsp3) is 0.533. The minimum absolute atomic E-state index is 0.378. The standard InChI is InChI=1S/C15H21N3O/c1-11-3-4-13-12(9-11)17-14(16)18(13)10-15(5-6-15)7-8-19-2/h3-4,9H,5-8,10H2,1-2H3,(H2,16,17). The lowest BCUT2D eigenvalue weighted by Gasteiger charge is -2.17. The van der Waals surface area contributed by atoms with E-state index in [0.29, 0.717) is 11.4 Å². The first-order valence-electron chi connectivity index (χ1n) is 6.85. The molecule has 0 saturated heterocycles. The minimum atomic E-state index is 0.378. The van der Waals surface area contributed by atoms with Gasteiger partial charge in [-0.15, -0.1) is 0 Å². The van der Waals surface area contributed by atoms with E-state index in [1.807, 2.05) is 0 Å². The Bertz CT molecular complexity index is 599. The Morgan fingerprint density at radius 3 is 2.89 bits per heavy atom. The molecule has 19 heavy (non-hydrogen) atoms. The number of aromatic nitrogens is 2. The maximum atomic E-state index is 6.09. The zero-order valence-electron chi connectivity index (χ0n) is 11.6. The minimum Gasteiger partial charge on any atom is -0.385 e. The Morgan fingerprint density at radius 1 is 1.42 bits per heavy atom. The lowest BCUT2D eigenvalue weighted by atomic mass is 10.0. The summed E-state index contributed by atoms with van der Waals surface area (Å²) in [6.45, 7) is 3.86. The van der Waals surface area contributed by atoms with Crippen LogP contribution in [0.4, 0.5) is 5.95 Å². The molecule has 0 amide bonds. The average Bonchev–Trinajstić information content (AvgIpc) is 3.08. The molecule has 1 saturated carbocycles. The molecule has 2 aromatic rings. The molecule has 0 atom stereocenters. The van der Waals surface area contributed by atoms with Crippen molar-refractivity contribution >= 4 is 17.0 Å². The number of anilines is 1. The Morgan fingerprint density at radius 2 is 2.21 bits per heavy atom. The van der Waals surface area contributed by atoms with E-state index in [-0.39, 0.29) is 0 Å². The van der Waals surface area contributed by atoms with Gasteiger partial charge in [-0.25, -0.2) is 4.98 Å². The maximum absolute atomic E-state index is 6.09. The summed E-state index contributed by atoms with van der Waals surface area (Å²) >= 11 is 0. The molecule has 3 rings (SSSR count). The summed E-state index contributed by atoms with van der Waals surface area (Å²) < 4.78 is 7.38. The number of nitrogens with zero attached hydrogens (tertiary/aromatic N) is 2. The van der Waals surface area contributed by atoms with Crippen LogP contribution in [-0.4, -0.2) is 23.3 Å². The Hall–Kier alpha value is -1.55. The number of aryl methyl sites for hydroxylation is 1. The Labute approximate surface area is 113 Å².